The maximum Gasteiger partial charge on any atom is 0.267 e. The quantitative estimate of drug-likeness (QED) is 0.841. The van der Waals surface area contributed by atoms with Crippen LogP contribution >= 0.6 is 11.5 Å². The fraction of sp³-hybridized carbons (Fsp3) is 0.700. The minimum Gasteiger partial charge on any atom is -0.338 e. The van der Waals surface area contributed by atoms with Gasteiger partial charge in [0.05, 0.1) is 6.20 Å². The zero-order valence-electron chi connectivity index (χ0n) is 9.35. The van der Waals surface area contributed by atoms with Gasteiger partial charge in [0.2, 0.25) is 0 Å². The van der Waals surface area contributed by atoms with Crippen LogP contribution < -0.4 is 5.32 Å². The molecule has 1 aliphatic rings. The topological polar surface area (TPSA) is 58.1 Å². The smallest absolute Gasteiger partial charge is 0.267 e. The van der Waals surface area contributed by atoms with E-state index < -0.39 is 0 Å². The summed E-state index contributed by atoms with van der Waals surface area (Å²) in [4.78, 5) is 14.6. The molecular formula is C10H16N4OS. The van der Waals surface area contributed by atoms with Crippen molar-refractivity contribution in [3.05, 3.63) is 11.1 Å². The zero-order chi connectivity index (χ0) is 11.4. The molecule has 1 atom stereocenters. The van der Waals surface area contributed by atoms with E-state index >= 15 is 0 Å². The summed E-state index contributed by atoms with van der Waals surface area (Å²) in [5, 5.41) is 6.87. The molecule has 16 heavy (non-hydrogen) atoms. The van der Waals surface area contributed by atoms with Gasteiger partial charge in [-0.05, 0) is 43.9 Å². The van der Waals surface area contributed by atoms with Crippen molar-refractivity contribution in [2.24, 2.45) is 5.92 Å². The minimum atomic E-state index is 0.0794. The predicted octanol–water partition coefficient (Wildman–Crippen LogP) is 0.610. The number of aromatic nitrogens is 2. The number of hydrogen-bond donors (Lipinski definition) is 1. The molecule has 1 saturated heterocycles. The Balaban J connectivity index is 1.96. The fourth-order valence-corrected chi connectivity index (χ4v) is 2.61. The van der Waals surface area contributed by atoms with Gasteiger partial charge in [-0.1, -0.05) is 4.49 Å². The Labute approximate surface area is 99.0 Å². The SMILES string of the molecule is CNCC1CCCN(C(=O)c2cnns2)C1. The van der Waals surface area contributed by atoms with Gasteiger partial charge in [-0.15, -0.1) is 5.10 Å². The molecule has 1 N–H and O–H groups in total. The average molecular weight is 240 g/mol. The molecule has 1 fully saturated rings. The van der Waals surface area contributed by atoms with Crippen molar-refractivity contribution in [2.75, 3.05) is 26.7 Å². The second-order valence-corrected chi connectivity index (χ2v) is 4.88. The van der Waals surface area contributed by atoms with Gasteiger partial charge in [0.25, 0.3) is 5.91 Å². The van der Waals surface area contributed by atoms with Crippen molar-refractivity contribution in [1.82, 2.24) is 19.8 Å². The molecule has 1 unspecified atom stereocenters. The molecule has 0 saturated carbocycles. The summed E-state index contributed by atoms with van der Waals surface area (Å²) >= 11 is 1.17. The highest BCUT2D eigenvalue weighted by molar-refractivity contribution is 7.07. The number of nitrogens with one attached hydrogen (secondary N) is 1. The number of carbonyl (C=O) groups excluding carboxylic acids is 1. The number of carbonyl (C=O) groups is 1. The van der Waals surface area contributed by atoms with E-state index in [2.05, 4.69) is 14.9 Å². The lowest BCUT2D eigenvalue weighted by Gasteiger charge is -2.32. The van der Waals surface area contributed by atoms with Gasteiger partial charge in [0.1, 0.15) is 4.88 Å². The fourth-order valence-electron chi connectivity index (χ4n) is 2.12. The molecule has 1 aliphatic heterocycles. The Bertz CT molecular complexity index is 339. The van der Waals surface area contributed by atoms with Crippen LogP contribution in [-0.4, -0.2) is 47.1 Å². The first kappa shape index (κ1) is 11.5. The summed E-state index contributed by atoms with van der Waals surface area (Å²) in [6.45, 7) is 2.68. The van der Waals surface area contributed by atoms with E-state index in [4.69, 9.17) is 0 Å². The monoisotopic (exact) mass is 240 g/mol. The summed E-state index contributed by atoms with van der Waals surface area (Å²) < 4.78 is 3.73. The molecule has 0 aromatic carbocycles. The van der Waals surface area contributed by atoms with Crippen molar-refractivity contribution < 1.29 is 4.79 Å². The normalized spacial score (nSPS) is 21.1. The lowest BCUT2D eigenvalue weighted by Crippen LogP contribution is -2.42. The van der Waals surface area contributed by atoms with Gasteiger partial charge in [0, 0.05) is 13.1 Å². The van der Waals surface area contributed by atoms with E-state index in [0.717, 1.165) is 26.1 Å². The third kappa shape index (κ3) is 2.56. The summed E-state index contributed by atoms with van der Waals surface area (Å²) in [5.41, 5.74) is 0. The molecule has 2 rings (SSSR count). The second-order valence-electron chi connectivity index (χ2n) is 4.10. The van der Waals surface area contributed by atoms with E-state index in [1.165, 1.54) is 18.0 Å². The van der Waals surface area contributed by atoms with Crippen LogP contribution in [0.25, 0.3) is 0 Å². The summed E-state index contributed by atoms with van der Waals surface area (Å²) in [6, 6.07) is 0. The van der Waals surface area contributed by atoms with Crippen LogP contribution in [0, 0.1) is 5.92 Å². The second kappa shape index (κ2) is 5.36. The van der Waals surface area contributed by atoms with Crippen molar-refractivity contribution in [1.29, 1.82) is 0 Å². The minimum absolute atomic E-state index is 0.0794. The van der Waals surface area contributed by atoms with Gasteiger partial charge < -0.3 is 10.2 Å². The van der Waals surface area contributed by atoms with Crippen LogP contribution in [0.4, 0.5) is 0 Å². The molecule has 6 heteroatoms. The predicted molar refractivity (Wildman–Crippen MR) is 62.5 cm³/mol. The molecule has 0 aliphatic carbocycles. The van der Waals surface area contributed by atoms with E-state index in [0.29, 0.717) is 10.8 Å². The Morgan fingerprint density at radius 3 is 3.31 bits per heavy atom. The van der Waals surface area contributed by atoms with Crippen molar-refractivity contribution in [3.63, 3.8) is 0 Å². The maximum absolute atomic E-state index is 12.0. The Hall–Kier alpha value is -1.01. The lowest BCUT2D eigenvalue weighted by molar-refractivity contribution is 0.0679. The zero-order valence-corrected chi connectivity index (χ0v) is 10.2. The molecule has 1 aromatic heterocycles. The highest BCUT2D eigenvalue weighted by Crippen LogP contribution is 2.18. The Kier molecular flexibility index (Phi) is 3.84. The van der Waals surface area contributed by atoms with Crippen molar-refractivity contribution in [2.45, 2.75) is 12.8 Å². The van der Waals surface area contributed by atoms with E-state index in [9.17, 15) is 4.79 Å². The molecule has 0 radical (unpaired) electrons. The third-order valence-electron chi connectivity index (χ3n) is 2.87. The molecule has 5 nitrogen and oxygen atoms in total. The van der Waals surface area contributed by atoms with Crippen molar-refractivity contribution >= 4 is 17.4 Å². The van der Waals surface area contributed by atoms with E-state index in [-0.39, 0.29) is 5.91 Å². The molecule has 88 valence electrons. The molecule has 0 bridgehead atoms. The molecule has 1 amide bonds. The van der Waals surface area contributed by atoms with Gasteiger partial charge in [0.15, 0.2) is 0 Å². The number of hydrogen-bond acceptors (Lipinski definition) is 5. The summed E-state index contributed by atoms with van der Waals surface area (Å²) in [6.07, 6.45) is 3.84. The number of likely N-dealkylation sites (tertiary alicyclic amines) is 1. The van der Waals surface area contributed by atoms with Gasteiger partial charge >= 0.3 is 0 Å². The first-order chi connectivity index (χ1) is 7.81. The maximum atomic E-state index is 12.0. The third-order valence-corrected chi connectivity index (χ3v) is 3.52. The molecule has 2 heterocycles. The van der Waals surface area contributed by atoms with Crippen LogP contribution in [0.15, 0.2) is 6.20 Å². The molecule has 1 aromatic rings. The van der Waals surface area contributed by atoms with Crippen LogP contribution in [0.5, 0.6) is 0 Å². The van der Waals surface area contributed by atoms with Gasteiger partial charge in [-0.3, -0.25) is 4.79 Å². The summed E-state index contributed by atoms with van der Waals surface area (Å²) in [5.74, 6) is 0.652. The van der Waals surface area contributed by atoms with Gasteiger partial charge in [-0.2, -0.15) is 0 Å². The number of piperidine rings is 1. The highest BCUT2D eigenvalue weighted by atomic mass is 32.1. The number of amides is 1. The van der Waals surface area contributed by atoms with Gasteiger partial charge in [-0.25, -0.2) is 0 Å². The van der Waals surface area contributed by atoms with E-state index in [1.807, 2.05) is 11.9 Å². The van der Waals surface area contributed by atoms with E-state index in [1.54, 1.807) is 6.20 Å². The Morgan fingerprint density at radius 2 is 2.62 bits per heavy atom. The standard InChI is InChI=1S/C10H16N4OS/c1-11-5-8-3-2-4-14(7-8)10(15)9-6-12-13-16-9/h6,8,11H,2-5,7H2,1H3. The molecule has 0 spiro atoms. The van der Waals surface area contributed by atoms with Crippen LogP contribution in [0.3, 0.4) is 0 Å². The lowest BCUT2D eigenvalue weighted by atomic mass is 9.98. The Morgan fingerprint density at radius 1 is 1.75 bits per heavy atom. The largest absolute Gasteiger partial charge is 0.338 e. The number of rotatable bonds is 3. The van der Waals surface area contributed by atoms with Crippen LogP contribution in [0.1, 0.15) is 22.5 Å². The number of nitrogens with zero attached hydrogens (tertiary/aromatic N) is 3. The van der Waals surface area contributed by atoms with Crippen LogP contribution in [0.2, 0.25) is 0 Å². The molecular weight excluding hydrogens is 224 g/mol. The average Bonchev–Trinajstić information content (AvgIpc) is 2.82. The first-order valence-electron chi connectivity index (χ1n) is 5.52. The van der Waals surface area contributed by atoms with Crippen LogP contribution in [-0.2, 0) is 0 Å². The first-order valence-corrected chi connectivity index (χ1v) is 6.30. The summed E-state index contributed by atoms with van der Waals surface area (Å²) in [7, 11) is 1.95. The highest BCUT2D eigenvalue weighted by Gasteiger charge is 2.24. The van der Waals surface area contributed by atoms with Crippen molar-refractivity contribution in [3.8, 4) is 0 Å².